The van der Waals surface area contributed by atoms with Gasteiger partial charge in [0, 0.05) is 10.6 Å². The minimum Gasteiger partial charge on any atom is -0.399 e. The maximum Gasteiger partial charge on any atom is 0.0577 e. The van der Waals surface area contributed by atoms with Crippen molar-refractivity contribution in [2.45, 2.75) is 17.6 Å². The Bertz CT molecular complexity index is 821. The third kappa shape index (κ3) is 2.83. The van der Waals surface area contributed by atoms with Gasteiger partial charge in [0.2, 0.25) is 0 Å². The van der Waals surface area contributed by atoms with Crippen LogP contribution in [0.1, 0.15) is 11.1 Å². The van der Waals surface area contributed by atoms with Gasteiger partial charge in [-0.1, -0.05) is 48.5 Å². The Kier molecular flexibility index (Phi) is 3.76. The van der Waals surface area contributed by atoms with Crippen molar-refractivity contribution in [3.63, 3.8) is 0 Å². The van der Waals surface area contributed by atoms with E-state index in [0.717, 1.165) is 21.4 Å². The maximum absolute atomic E-state index is 12.7. The summed E-state index contributed by atoms with van der Waals surface area (Å²) in [6, 6.07) is 19.9. The molecule has 0 spiro atoms. The Balaban J connectivity index is 1.99. The molecule has 21 heavy (non-hydrogen) atoms. The highest BCUT2D eigenvalue weighted by Gasteiger charge is 2.10. The van der Waals surface area contributed by atoms with Crippen LogP contribution in [0.4, 0.5) is 5.69 Å². The van der Waals surface area contributed by atoms with Crippen LogP contribution in [-0.2, 0) is 16.6 Å². The molecule has 3 aromatic carbocycles. The van der Waals surface area contributed by atoms with E-state index < -0.39 is 10.8 Å². The van der Waals surface area contributed by atoms with Crippen LogP contribution in [0.5, 0.6) is 0 Å². The number of benzene rings is 3. The van der Waals surface area contributed by atoms with Gasteiger partial charge in [0.1, 0.15) is 0 Å². The van der Waals surface area contributed by atoms with Crippen molar-refractivity contribution in [1.29, 1.82) is 0 Å². The van der Waals surface area contributed by atoms with Gasteiger partial charge < -0.3 is 5.73 Å². The third-order valence-electron chi connectivity index (χ3n) is 3.62. The lowest BCUT2D eigenvalue weighted by molar-refractivity contribution is 0.682. The first-order chi connectivity index (χ1) is 10.1. The molecule has 1 atom stereocenters. The van der Waals surface area contributed by atoms with Crippen LogP contribution in [-0.4, -0.2) is 4.21 Å². The van der Waals surface area contributed by atoms with Crippen molar-refractivity contribution < 1.29 is 4.21 Å². The molecule has 0 saturated heterocycles. The molecule has 3 heteroatoms. The second-order valence-corrected chi connectivity index (χ2v) is 6.57. The fourth-order valence-electron chi connectivity index (χ4n) is 2.50. The molecule has 2 nitrogen and oxygen atoms in total. The van der Waals surface area contributed by atoms with Crippen LogP contribution in [0.25, 0.3) is 10.8 Å². The number of hydrogen-bond acceptors (Lipinski definition) is 2. The molecule has 0 aromatic heterocycles. The average molecular weight is 295 g/mol. The van der Waals surface area contributed by atoms with Gasteiger partial charge in [0.15, 0.2) is 0 Å². The van der Waals surface area contributed by atoms with Gasteiger partial charge in [-0.2, -0.15) is 0 Å². The molecule has 0 aliphatic rings. The first kappa shape index (κ1) is 13.8. The number of hydrogen-bond donors (Lipinski definition) is 1. The average Bonchev–Trinajstić information content (AvgIpc) is 2.50. The van der Waals surface area contributed by atoms with E-state index in [4.69, 9.17) is 5.73 Å². The Hall–Kier alpha value is -2.13. The number of rotatable bonds is 3. The number of fused-ring (bicyclic) bond motifs is 1. The highest BCUT2D eigenvalue weighted by molar-refractivity contribution is 7.84. The zero-order chi connectivity index (χ0) is 14.8. The van der Waals surface area contributed by atoms with Crippen LogP contribution in [0, 0.1) is 6.92 Å². The number of nitrogen functional groups attached to an aromatic ring is 1. The quantitative estimate of drug-likeness (QED) is 0.741. The predicted octanol–water partition coefficient (Wildman–Crippen LogP) is 4.04. The molecule has 0 aliphatic heterocycles. The van der Waals surface area contributed by atoms with Crippen molar-refractivity contribution in [1.82, 2.24) is 0 Å². The van der Waals surface area contributed by atoms with Crippen molar-refractivity contribution in [3.8, 4) is 0 Å². The molecule has 2 N–H and O–H groups in total. The molecule has 106 valence electrons. The Morgan fingerprint density at radius 3 is 2.62 bits per heavy atom. The molecule has 3 aromatic rings. The normalized spacial score (nSPS) is 12.4. The number of anilines is 1. The Labute approximate surface area is 127 Å². The first-order valence-electron chi connectivity index (χ1n) is 6.86. The monoisotopic (exact) mass is 295 g/mol. The van der Waals surface area contributed by atoms with Gasteiger partial charge in [-0.3, -0.25) is 4.21 Å². The molecule has 0 heterocycles. The highest BCUT2D eigenvalue weighted by atomic mass is 32.2. The van der Waals surface area contributed by atoms with E-state index in [0.29, 0.717) is 11.4 Å². The zero-order valence-corrected chi connectivity index (χ0v) is 12.7. The van der Waals surface area contributed by atoms with Gasteiger partial charge in [-0.15, -0.1) is 0 Å². The Morgan fingerprint density at radius 2 is 1.76 bits per heavy atom. The van der Waals surface area contributed by atoms with Crippen LogP contribution in [0.3, 0.4) is 0 Å². The standard InChI is InChI=1S/C18H17NOS/c1-13-9-10-16(19)11-18(13)21(20)12-15-7-4-6-14-5-2-3-8-17(14)15/h2-11H,12,19H2,1H3. The molecule has 0 fully saturated rings. The van der Waals surface area contributed by atoms with E-state index in [-0.39, 0.29) is 0 Å². The van der Waals surface area contributed by atoms with Crippen molar-refractivity contribution >= 4 is 27.3 Å². The van der Waals surface area contributed by atoms with Crippen LogP contribution >= 0.6 is 0 Å². The number of aryl methyl sites for hydroxylation is 1. The van der Waals surface area contributed by atoms with Crippen LogP contribution < -0.4 is 5.73 Å². The molecule has 0 amide bonds. The molecule has 0 saturated carbocycles. The molecular formula is C18H17NOS. The molecule has 0 aliphatic carbocycles. The molecule has 0 radical (unpaired) electrons. The molecular weight excluding hydrogens is 278 g/mol. The second-order valence-electron chi connectivity index (χ2n) is 5.15. The predicted molar refractivity (Wildman–Crippen MR) is 89.7 cm³/mol. The fraction of sp³-hybridized carbons (Fsp3) is 0.111. The lowest BCUT2D eigenvalue weighted by Gasteiger charge is -2.09. The van der Waals surface area contributed by atoms with E-state index >= 15 is 0 Å². The fourth-order valence-corrected chi connectivity index (χ4v) is 3.88. The van der Waals surface area contributed by atoms with Gasteiger partial charge >= 0.3 is 0 Å². The minimum absolute atomic E-state index is 0.506. The zero-order valence-electron chi connectivity index (χ0n) is 11.9. The summed E-state index contributed by atoms with van der Waals surface area (Å²) < 4.78 is 12.7. The lowest BCUT2D eigenvalue weighted by Crippen LogP contribution is -2.00. The SMILES string of the molecule is Cc1ccc(N)cc1S(=O)Cc1cccc2ccccc12. The molecule has 0 bridgehead atoms. The molecule has 3 rings (SSSR count). The van der Waals surface area contributed by atoms with Gasteiger partial charge in [0.25, 0.3) is 0 Å². The van der Waals surface area contributed by atoms with E-state index in [1.165, 1.54) is 5.39 Å². The van der Waals surface area contributed by atoms with Gasteiger partial charge in [-0.05, 0) is 41.0 Å². The second kappa shape index (κ2) is 5.70. The smallest absolute Gasteiger partial charge is 0.0577 e. The van der Waals surface area contributed by atoms with Crippen LogP contribution in [0.2, 0.25) is 0 Å². The van der Waals surface area contributed by atoms with Crippen molar-refractivity contribution in [2.75, 3.05) is 5.73 Å². The minimum atomic E-state index is -1.09. The van der Waals surface area contributed by atoms with E-state index in [2.05, 4.69) is 18.2 Å². The molecule has 1 unspecified atom stereocenters. The van der Waals surface area contributed by atoms with Crippen LogP contribution in [0.15, 0.2) is 65.6 Å². The summed E-state index contributed by atoms with van der Waals surface area (Å²) in [5.41, 5.74) is 8.59. The highest BCUT2D eigenvalue weighted by Crippen LogP contribution is 2.24. The topological polar surface area (TPSA) is 43.1 Å². The third-order valence-corrected chi connectivity index (χ3v) is 5.13. The lowest BCUT2D eigenvalue weighted by atomic mass is 10.1. The summed E-state index contributed by atoms with van der Waals surface area (Å²) >= 11 is 0. The summed E-state index contributed by atoms with van der Waals surface area (Å²) in [5, 5.41) is 2.34. The van der Waals surface area contributed by atoms with Crippen molar-refractivity contribution in [3.05, 3.63) is 71.8 Å². The van der Waals surface area contributed by atoms with E-state index in [9.17, 15) is 4.21 Å². The summed E-state index contributed by atoms with van der Waals surface area (Å²) in [7, 11) is -1.09. The van der Waals surface area contributed by atoms with Gasteiger partial charge in [0.05, 0.1) is 16.6 Å². The van der Waals surface area contributed by atoms with E-state index in [1.807, 2.05) is 49.4 Å². The summed E-state index contributed by atoms with van der Waals surface area (Å²) in [6.45, 7) is 1.97. The maximum atomic E-state index is 12.7. The van der Waals surface area contributed by atoms with E-state index in [1.54, 1.807) is 0 Å². The van der Waals surface area contributed by atoms with Gasteiger partial charge in [-0.25, -0.2) is 0 Å². The Morgan fingerprint density at radius 1 is 1.00 bits per heavy atom. The first-order valence-corrected chi connectivity index (χ1v) is 8.18. The summed E-state index contributed by atoms with van der Waals surface area (Å²) in [4.78, 5) is 0.822. The summed E-state index contributed by atoms with van der Waals surface area (Å²) in [6.07, 6.45) is 0. The largest absolute Gasteiger partial charge is 0.399 e. The summed E-state index contributed by atoms with van der Waals surface area (Å²) in [5.74, 6) is 0.506. The number of nitrogens with two attached hydrogens (primary N) is 1. The van der Waals surface area contributed by atoms with Crippen molar-refractivity contribution in [2.24, 2.45) is 0 Å².